The van der Waals surface area contributed by atoms with Crippen LogP contribution < -0.4 is 0 Å². The molecule has 112 valence electrons. The molecule has 5 heteroatoms. The Morgan fingerprint density at radius 2 is 1.67 bits per heavy atom. The van der Waals surface area contributed by atoms with Crippen molar-refractivity contribution < 1.29 is 14.6 Å². The van der Waals surface area contributed by atoms with E-state index in [1.54, 1.807) is 22.7 Å². The van der Waals surface area contributed by atoms with Crippen molar-refractivity contribution >= 4 is 28.6 Å². The van der Waals surface area contributed by atoms with Crippen LogP contribution in [0.1, 0.15) is 47.8 Å². The van der Waals surface area contributed by atoms with Gasteiger partial charge in [-0.15, -0.1) is 22.7 Å². The van der Waals surface area contributed by atoms with Crippen molar-refractivity contribution in [1.82, 2.24) is 0 Å². The Hall–Kier alpha value is -1.17. The topological polar surface area (TPSA) is 35.5 Å². The number of hydrogen-bond donors (Lipinski definition) is 0. The summed E-state index contributed by atoms with van der Waals surface area (Å²) in [6, 6.07) is 7.85. The van der Waals surface area contributed by atoms with Crippen molar-refractivity contribution in [2.24, 2.45) is 0 Å². The first-order chi connectivity index (χ1) is 10.3. The van der Waals surface area contributed by atoms with E-state index in [1.165, 1.54) is 6.42 Å². The molecule has 0 bridgehead atoms. The highest BCUT2D eigenvalue weighted by atomic mass is 32.1. The fourth-order valence-corrected chi connectivity index (χ4v) is 4.34. The summed E-state index contributed by atoms with van der Waals surface area (Å²) in [5.74, 6) is -0.681. The molecule has 2 aromatic heterocycles. The molecule has 0 N–H and O–H groups in total. The molecule has 1 aliphatic carbocycles. The first-order valence-electron chi connectivity index (χ1n) is 7.28. The standard InChI is InChI=1S/C16H18O3S2/c17-16(19-18-12-6-2-1-3-7-12)15(13-8-4-10-20-13)14-9-5-11-21-14/h4-5,8-12,15H,1-3,6-7H2. The zero-order valence-corrected chi connectivity index (χ0v) is 13.3. The average molecular weight is 322 g/mol. The molecule has 1 fully saturated rings. The van der Waals surface area contributed by atoms with Gasteiger partial charge in [-0.2, -0.15) is 4.89 Å². The van der Waals surface area contributed by atoms with E-state index in [0.717, 1.165) is 35.4 Å². The third kappa shape index (κ3) is 3.73. The van der Waals surface area contributed by atoms with Crippen molar-refractivity contribution in [3.63, 3.8) is 0 Å². The molecular weight excluding hydrogens is 304 g/mol. The summed E-state index contributed by atoms with van der Waals surface area (Å²) < 4.78 is 0. The second-order valence-corrected chi connectivity index (χ2v) is 7.18. The summed E-state index contributed by atoms with van der Waals surface area (Å²) in [5, 5.41) is 3.95. The van der Waals surface area contributed by atoms with Crippen LogP contribution in [0.4, 0.5) is 0 Å². The van der Waals surface area contributed by atoms with Gasteiger partial charge in [-0.05, 0) is 35.7 Å². The van der Waals surface area contributed by atoms with Gasteiger partial charge in [0.2, 0.25) is 0 Å². The summed E-state index contributed by atoms with van der Waals surface area (Å²) >= 11 is 3.14. The molecule has 0 unspecified atom stereocenters. The highest BCUT2D eigenvalue weighted by Gasteiger charge is 2.28. The Balaban J connectivity index is 1.67. The van der Waals surface area contributed by atoms with E-state index in [1.807, 2.05) is 35.0 Å². The molecule has 21 heavy (non-hydrogen) atoms. The quantitative estimate of drug-likeness (QED) is 0.588. The first-order valence-corrected chi connectivity index (χ1v) is 9.04. The lowest BCUT2D eigenvalue weighted by molar-refractivity contribution is -0.302. The molecule has 1 saturated carbocycles. The predicted octanol–water partition coefficient (Wildman–Crippen LogP) is 4.75. The molecule has 0 spiro atoms. The van der Waals surface area contributed by atoms with Gasteiger partial charge in [0.15, 0.2) is 0 Å². The Bertz CT molecular complexity index is 508. The Morgan fingerprint density at radius 3 is 2.19 bits per heavy atom. The third-order valence-electron chi connectivity index (χ3n) is 3.71. The molecule has 0 atom stereocenters. The number of rotatable bonds is 5. The molecular formula is C16H18O3S2. The largest absolute Gasteiger partial charge is 0.355 e. The number of carbonyl (C=O) groups excluding carboxylic acids is 1. The van der Waals surface area contributed by atoms with Crippen LogP contribution in [-0.2, 0) is 14.6 Å². The summed E-state index contributed by atoms with van der Waals surface area (Å²) in [6.45, 7) is 0. The summed E-state index contributed by atoms with van der Waals surface area (Å²) in [4.78, 5) is 25.0. The van der Waals surface area contributed by atoms with E-state index in [4.69, 9.17) is 9.78 Å². The molecule has 0 aromatic carbocycles. The van der Waals surface area contributed by atoms with Gasteiger partial charge in [-0.3, -0.25) is 4.89 Å². The minimum atomic E-state index is -0.367. The molecule has 2 aromatic rings. The van der Waals surface area contributed by atoms with Gasteiger partial charge in [0, 0.05) is 9.75 Å². The predicted molar refractivity (Wildman–Crippen MR) is 84.5 cm³/mol. The van der Waals surface area contributed by atoms with Crippen LogP contribution in [0.25, 0.3) is 0 Å². The molecule has 0 aliphatic heterocycles. The smallest absolute Gasteiger partial charge is 0.297 e. The summed E-state index contributed by atoms with van der Waals surface area (Å²) in [6.07, 6.45) is 5.59. The fraction of sp³-hybridized carbons (Fsp3) is 0.438. The van der Waals surface area contributed by atoms with Crippen LogP contribution >= 0.6 is 22.7 Å². The zero-order chi connectivity index (χ0) is 14.5. The van der Waals surface area contributed by atoms with Crippen LogP contribution in [0.15, 0.2) is 35.0 Å². The van der Waals surface area contributed by atoms with E-state index >= 15 is 0 Å². The number of hydrogen-bond acceptors (Lipinski definition) is 5. The molecule has 3 rings (SSSR count). The van der Waals surface area contributed by atoms with Crippen LogP contribution in [0.2, 0.25) is 0 Å². The van der Waals surface area contributed by atoms with Crippen LogP contribution in [0.3, 0.4) is 0 Å². The minimum Gasteiger partial charge on any atom is -0.297 e. The lowest BCUT2D eigenvalue weighted by atomic mass is 9.98. The van der Waals surface area contributed by atoms with E-state index in [0.29, 0.717) is 0 Å². The average Bonchev–Trinajstić information content (AvgIpc) is 3.20. The maximum Gasteiger partial charge on any atom is 0.355 e. The first kappa shape index (κ1) is 14.8. The second-order valence-electron chi connectivity index (χ2n) is 5.22. The van der Waals surface area contributed by atoms with Crippen LogP contribution in [-0.4, -0.2) is 12.1 Å². The molecule has 3 nitrogen and oxygen atoms in total. The van der Waals surface area contributed by atoms with Gasteiger partial charge < -0.3 is 0 Å². The maximum absolute atomic E-state index is 12.4. The third-order valence-corrected chi connectivity index (χ3v) is 5.58. The van der Waals surface area contributed by atoms with Gasteiger partial charge in [0.05, 0.1) is 0 Å². The molecule has 0 amide bonds. The molecule has 1 aliphatic rings. The van der Waals surface area contributed by atoms with Crippen molar-refractivity contribution in [3.8, 4) is 0 Å². The highest BCUT2D eigenvalue weighted by Crippen LogP contribution is 2.33. The van der Waals surface area contributed by atoms with Gasteiger partial charge >= 0.3 is 5.97 Å². The molecule has 2 heterocycles. The number of thiophene rings is 2. The lowest BCUT2D eigenvalue weighted by Crippen LogP contribution is -2.22. The van der Waals surface area contributed by atoms with Crippen LogP contribution in [0, 0.1) is 0 Å². The van der Waals surface area contributed by atoms with Crippen LogP contribution in [0.5, 0.6) is 0 Å². The van der Waals surface area contributed by atoms with Gasteiger partial charge in [0.1, 0.15) is 12.0 Å². The SMILES string of the molecule is O=C(OOC1CCCCC1)C(c1cccs1)c1cccs1. The summed E-state index contributed by atoms with van der Waals surface area (Å²) in [5.41, 5.74) is 0. The minimum absolute atomic E-state index is 0.0648. The monoisotopic (exact) mass is 322 g/mol. The Morgan fingerprint density at radius 1 is 1.05 bits per heavy atom. The fourth-order valence-electron chi connectivity index (χ4n) is 2.61. The van der Waals surface area contributed by atoms with Crippen molar-refractivity contribution in [2.75, 3.05) is 0 Å². The highest BCUT2D eigenvalue weighted by molar-refractivity contribution is 7.11. The maximum atomic E-state index is 12.4. The van der Waals surface area contributed by atoms with Crippen molar-refractivity contribution in [2.45, 2.75) is 44.1 Å². The second kappa shape index (κ2) is 7.20. The lowest BCUT2D eigenvalue weighted by Gasteiger charge is -2.21. The Labute approximate surface area is 132 Å². The van der Waals surface area contributed by atoms with Gasteiger partial charge in [0.25, 0.3) is 0 Å². The van der Waals surface area contributed by atoms with E-state index in [-0.39, 0.29) is 18.0 Å². The normalized spacial score (nSPS) is 16.2. The van der Waals surface area contributed by atoms with Gasteiger partial charge in [-0.1, -0.05) is 31.4 Å². The zero-order valence-electron chi connectivity index (χ0n) is 11.7. The molecule has 0 saturated heterocycles. The Kier molecular flexibility index (Phi) is 5.06. The van der Waals surface area contributed by atoms with Crippen molar-refractivity contribution in [3.05, 3.63) is 44.8 Å². The van der Waals surface area contributed by atoms with E-state index < -0.39 is 0 Å². The van der Waals surface area contributed by atoms with E-state index in [9.17, 15) is 4.79 Å². The van der Waals surface area contributed by atoms with Gasteiger partial charge in [-0.25, -0.2) is 4.79 Å². The molecule has 0 radical (unpaired) electrons. The van der Waals surface area contributed by atoms with Crippen molar-refractivity contribution in [1.29, 1.82) is 0 Å². The number of carbonyl (C=O) groups is 1. The van der Waals surface area contributed by atoms with E-state index in [2.05, 4.69) is 0 Å². The summed E-state index contributed by atoms with van der Waals surface area (Å²) in [7, 11) is 0.